The Labute approximate surface area is 91.5 Å². The molecule has 0 aromatic carbocycles. The van der Waals surface area contributed by atoms with Crippen molar-refractivity contribution in [1.29, 1.82) is 0 Å². The third-order valence-corrected chi connectivity index (χ3v) is 1.40. The van der Waals surface area contributed by atoms with Crippen molar-refractivity contribution in [2.45, 2.75) is 26.4 Å². The van der Waals surface area contributed by atoms with Crippen LogP contribution in [-0.2, 0) is 4.74 Å². The fraction of sp³-hybridized carbons (Fsp3) is 0.444. The van der Waals surface area contributed by atoms with Crippen molar-refractivity contribution >= 4 is 17.9 Å². The Hall–Kier alpha value is -2.05. The normalized spacial score (nSPS) is 10.9. The molecule has 7 heteroatoms. The van der Waals surface area contributed by atoms with Gasteiger partial charge < -0.3 is 9.15 Å². The van der Waals surface area contributed by atoms with Crippen LogP contribution < -0.4 is 5.32 Å². The lowest BCUT2D eigenvalue weighted by Crippen LogP contribution is -2.27. The predicted molar refractivity (Wildman–Crippen MR) is 55.2 cm³/mol. The molecule has 0 spiro atoms. The zero-order valence-electron chi connectivity index (χ0n) is 9.14. The number of furan rings is 1. The largest absolute Gasteiger partial charge is 0.444 e. The lowest BCUT2D eigenvalue weighted by atomic mass is 10.2. The van der Waals surface area contributed by atoms with Gasteiger partial charge in [-0.15, -0.1) is 0 Å². The molecule has 0 saturated carbocycles. The van der Waals surface area contributed by atoms with Gasteiger partial charge >= 0.3 is 12.0 Å². The summed E-state index contributed by atoms with van der Waals surface area (Å²) in [7, 11) is 0. The fourth-order valence-electron chi connectivity index (χ4n) is 0.897. The molecule has 1 amide bonds. The minimum absolute atomic E-state index is 0.0269. The van der Waals surface area contributed by atoms with Crippen molar-refractivity contribution in [2.24, 2.45) is 0 Å². The Kier molecular flexibility index (Phi) is 3.17. The molecule has 88 valence electrons. The van der Waals surface area contributed by atoms with Crippen molar-refractivity contribution in [1.82, 2.24) is 0 Å². The summed E-state index contributed by atoms with van der Waals surface area (Å²) in [6, 6.07) is 2.43. The quantitative estimate of drug-likeness (QED) is 0.619. The first-order chi connectivity index (χ1) is 7.28. The molecule has 0 atom stereocenters. The van der Waals surface area contributed by atoms with Gasteiger partial charge in [-0.3, -0.25) is 15.4 Å². The molecular formula is C9H12N2O5. The zero-order valence-corrected chi connectivity index (χ0v) is 9.14. The summed E-state index contributed by atoms with van der Waals surface area (Å²) in [6.07, 6.45) is -0.725. The smallest absolute Gasteiger partial charge is 0.434 e. The Balaban J connectivity index is 2.60. The molecule has 16 heavy (non-hydrogen) atoms. The van der Waals surface area contributed by atoms with Crippen LogP contribution in [0.3, 0.4) is 0 Å². The maximum Gasteiger partial charge on any atom is 0.434 e. The molecule has 1 N–H and O–H groups in total. The Morgan fingerprint density at radius 1 is 1.50 bits per heavy atom. The highest BCUT2D eigenvalue weighted by atomic mass is 16.6. The number of nitrogens with one attached hydrogen (secondary N) is 1. The van der Waals surface area contributed by atoms with E-state index in [0.717, 1.165) is 6.07 Å². The van der Waals surface area contributed by atoms with E-state index >= 15 is 0 Å². The van der Waals surface area contributed by atoms with Crippen LogP contribution in [0.25, 0.3) is 0 Å². The lowest BCUT2D eigenvalue weighted by molar-refractivity contribution is -0.401. The Morgan fingerprint density at radius 3 is 2.56 bits per heavy atom. The molecule has 1 aromatic heterocycles. The summed E-state index contributed by atoms with van der Waals surface area (Å²) in [5.41, 5.74) is -0.636. The number of ether oxygens (including phenoxy) is 1. The van der Waals surface area contributed by atoms with Gasteiger partial charge in [0.1, 0.15) is 10.5 Å². The zero-order chi connectivity index (χ0) is 12.3. The fourth-order valence-corrected chi connectivity index (χ4v) is 0.897. The Morgan fingerprint density at radius 2 is 2.12 bits per heavy atom. The molecule has 1 heterocycles. The third kappa shape index (κ3) is 3.60. The van der Waals surface area contributed by atoms with E-state index in [-0.39, 0.29) is 5.88 Å². The van der Waals surface area contributed by atoms with Gasteiger partial charge in [-0.2, -0.15) is 0 Å². The van der Waals surface area contributed by atoms with E-state index in [1.165, 1.54) is 6.07 Å². The summed E-state index contributed by atoms with van der Waals surface area (Å²) >= 11 is 0. The van der Waals surface area contributed by atoms with Crippen molar-refractivity contribution in [2.75, 3.05) is 5.32 Å². The summed E-state index contributed by atoms with van der Waals surface area (Å²) < 4.78 is 9.65. The molecule has 0 aliphatic heterocycles. The molecule has 0 fully saturated rings. The number of amides is 1. The van der Waals surface area contributed by atoms with Crippen LogP contribution in [0.15, 0.2) is 16.5 Å². The monoisotopic (exact) mass is 228 g/mol. The number of nitro groups is 1. The minimum Gasteiger partial charge on any atom is -0.444 e. The number of rotatable bonds is 2. The molecule has 0 radical (unpaired) electrons. The van der Waals surface area contributed by atoms with Gasteiger partial charge in [-0.25, -0.2) is 4.79 Å². The van der Waals surface area contributed by atoms with Crippen molar-refractivity contribution in [3.05, 3.63) is 22.2 Å². The summed E-state index contributed by atoms with van der Waals surface area (Å²) in [5, 5.41) is 12.5. The van der Waals surface area contributed by atoms with E-state index in [1.54, 1.807) is 20.8 Å². The molecule has 1 rings (SSSR count). The number of hydrogen-bond acceptors (Lipinski definition) is 5. The maximum atomic E-state index is 11.2. The lowest BCUT2D eigenvalue weighted by Gasteiger charge is -2.18. The van der Waals surface area contributed by atoms with Crippen molar-refractivity contribution < 1.29 is 18.9 Å². The average molecular weight is 228 g/mol. The van der Waals surface area contributed by atoms with Gasteiger partial charge in [0.15, 0.2) is 0 Å². The van der Waals surface area contributed by atoms with Crippen LogP contribution in [0.1, 0.15) is 20.8 Å². The van der Waals surface area contributed by atoms with E-state index in [0.29, 0.717) is 0 Å². The van der Waals surface area contributed by atoms with Gasteiger partial charge in [-0.05, 0) is 20.8 Å². The van der Waals surface area contributed by atoms with Gasteiger partial charge in [0.25, 0.3) is 0 Å². The van der Waals surface area contributed by atoms with E-state index < -0.39 is 22.5 Å². The van der Waals surface area contributed by atoms with Crippen LogP contribution >= 0.6 is 0 Å². The maximum absolute atomic E-state index is 11.2. The summed E-state index contributed by atoms with van der Waals surface area (Å²) in [6.45, 7) is 5.12. The molecule has 0 aliphatic rings. The van der Waals surface area contributed by atoms with Gasteiger partial charge in [-0.1, -0.05) is 0 Å². The molecule has 0 saturated heterocycles. The van der Waals surface area contributed by atoms with Gasteiger partial charge in [0.2, 0.25) is 5.88 Å². The highest BCUT2D eigenvalue weighted by molar-refractivity contribution is 5.83. The Bertz CT molecular complexity index is 404. The predicted octanol–water partition coefficient (Wildman–Crippen LogP) is 2.53. The molecular weight excluding hydrogens is 216 g/mol. The van der Waals surface area contributed by atoms with Crippen LogP contribution in [0.5, 0.6) is 0 Å². The summed E-state index contributed by atoms with van der Waals surface area (Å²) in [4.78, 5) is 20.8. The molecule has 0 unspecified atom stereocenters. The number of carbonyl (C=O) groups excluding carboxylic acids is 1. The van der Waals surface area contributed by atoms with E-state index in [4.69, 9.17) is 9.15 Å². The molecule has 7 nitrogen and oxygen atoms in total. The van der Waals surface area contributed by atoms with Crippen LogP contribution in [0, 0.1) is 10.1 Å². The second-order valence-electron chi connectivity index (χ2n) is 4.02. The highest BCUT2D eigenvalue weighted by Gasteiger charge is 2.18. The molecule has 0 aliphatic carbocycles. The van der Waals surface area contributed by atoms with E-state index in [2.05, 4.69) is 5.32 Å². The van der Waals surface area contributed by atoms with Gasteiger partial charge in [0.05, 0.1) is 6.07 Å². The first kappa shape index (κ1) is 12.0. The second-order valence-corrected chi connectivity index (χ2v) is 4.02. The first-order valence-electron chi connectivity index (χ1n) is 4.52. The standard InChI is InChI=1S/C9H12N2O5/c1-9(2,3)16-8(12)10-6-4-5-7(15-6)11(13)14/h4-5H,1-3H3,(H,10,12). The van der Waals surface area contributed by atoms with Crippen LogP contribution in [-0.4, -0.2) is 16.6 Å². The number of carbonyl (C=O) groups is 1. The highest BCUT2D eigenvalue weighted by Crippen LogP contribution is 2.20. The first-order valence-corrected chi connectivity index (χ1v) is 4.52. The van der Waals surface area contributed by atoms with Crippen molar-refractivity contribution in [3.8, 4) is 0 Å². The third-order valence-electron chi connectivity index (χ3n) is 1.40. The minimum atomic E-state index is -0.725. The number of nitrogens with zero attached hydrogens (tertiary/aromatic N) is 1. The SMILES string of the molecule is CC(C)(C)OC(=O)Nc1ccc([N+](=O)[O-])o1. The van der Waals surface area contributed by atoms with Gasteiger partial charge in [0, 0.05) is 6.07 Å². The van der Waals surface area contributed by atoms with E-state index in [1.807, 2.05) is 0 Å². The number of anilines is 1. The van der Waals surface area contributed by atoms with Crippen molar-refractivity contribution in [3.63, 3.8) is 0 Å². The average Bonchev–Trinajstić information content (AvgIpc) is 2.48. The molecule has 0 bridgehead atoms. The summed E-state index contributed by atoms with van der Waals surface area (Å²) in [5.74, 6) is -0.466. The number of hydrogen-bond donors (Lipinski definition) is 1. The van der Waals surface area contributed by atoms with E-state index in [9.17, 15) is 14.9 Å². The van der Waals surface area contributed by atoms with Crippen LogP contribution in [0.2, 0.25) is 0 Å². The van der Waals surface area contributed by atoms with Crippen LogP contribution in [0.4, 0.5) is 16.6 Å². The molecule has 1 aromatic rings. The topological polar surface area (TPSA) is 94.6 Å². The second kappa shape index (κ2) is 4.21.